The predicted molar refractivity (Wildman–Crippen MR) is 82.7 cm³/mol. The maximum absolute atomic E-state index is 12.4. The molecule has 1 saturated heterocycles. The number of nitrogen functional groups attached to an aromatic ring is 1. The Labute approximate surface area is 124 Å². The molecule has 6 nitrogen and oxygen atoms in total. The molecule has 0 radical (unpaired) electrons. The average Bonchev–Trinajstić information content (AvgIpc) is 2.46. The van der Waals surface area contributed by atoms with E-state index in [1.165, 1.54) is 0 Å². The van der Waals surface area contributed by atoms with Crippen LogP contribution in [-0.4, -0.2) is 41.9 Å². The first-order valence-electron chi connectivity index (χ1n) is 7.22. The molecule has 2 rings (SSSR count). The summed E-state index contributed by atoms with van der Waals surface area (Å²) in [5, 5.41) is 5.68. The number of hydrogen-bond donors (Lipinski definition) is 3. The van der Waals surface area contributed by atoms with Crippen molar-refractivity contribution in [2.24, 2.45) is 0 Å². The molecule has 6 heteroatoms. The molecule has 4 N–H and O–H groups in total. The summed E-state index contributed by atoms with van der Waals surface area (Å²) >= 11 is 0. The highest BCUT2D eigenvalue weighted by Gasteiger charge is 2.34. The standard InChI is InChI=1S/C15H22N4O2/c1-3-13-15(21)17-7-8-19(13)10(2)14(20)18-12-6-4-5-11(16)9-12/h4-6,9-10,13H,3,7-8,16H2,1-2H3,(H,17,21)(H,18,20). The molecular weight excluding hydrogens is 268 g/mol. The van der Waals surface area contributed by atoms with Crippen LogP contribution in [0.15, 0.2) is 24.3 Å². The number of benzene rings is 1. The van der Waals surface area contributed by atoms with Gasteiger partial charge in [0.15, 0.2) is 0 Å². The molecule has 1 aliphatic heterocycles. The molecule has 1 aromatic carbocycles. The smallest absolute Gasteiger partial charge is 0.241 e. The number of rotatable bonds is 4. The van der Waals surface area contributed by atoms with Gasteiger partial charge in [-0.2, -0.15) is 0 Å². The number of piperazine rings is 1. The summed E-state index contributed by atoms with van der Waals surface area (Å²) in [6, 6.07) is 6.44. The van der Waals surface area contributed by atoms with Gasteiger partial charge in [0.1, 0.15) is 0 Å². The number of carbonyl (C=O) groups is 2. The van der Waals surface area contributed by atoms with Gasteiger partial charge in [-0.15, -0.1) is 0 Å². The Morgan fingerprint density at radius 3 is 3.00 bits per heavy atom. The molecule has 0 saturated carbocycles. The van der Waals surface area contributed by atoms with Crippen molar-refractivity contribution in [1.82, 2.24) is 10.2 Å². The zero-order chi connectivity index (χ0) is 15.4. The fourth-order valence-corrected chi connectivity index (χ4v) is 2.63. The second-order valence-electron chi connectivity index (χ2n) is 5.24. The summed E-state index contributed by atoms with van der Waals surface area (Å²) in [6.07, 6.45) is 0.682. The van der Waals surface area contributed by atoms with Crippen LogP contribution in [0.1, 0.15) is 20.3 Å². The minimum atomic E-state index is -0.373. The van der Waals surface area contributed by atoms with Crippen molar-refractivity contribution in [2.75, 3.05) is 24.1 Å². The molecule has 0 bridgehead atoms. The zero-order valence-corrected chi connectivity index (χ0v) is 12.4. The highest BCUT2D eigenvalue weighted by atomic mass is 16.2. The van der Waals surface area contributed by atoms with Gasteiger partial charge in [-0.3, -0.25) is 14.5 Å². The molecule has 2 atom stereocenters. The summed E-state index contributed by atoms with van der Waals surface area (Å²) in [7, 11) is 0. The summed E-state index contributed by atoms with van der Waals surface area (Å²) in [5.41, 5.74) is 6.97. The molecule has 21 heavy (non-hydrogen) atoms. The molecule has 0 aromatic heterocycles. The van der Waals surface area contributed by atoms with E-state index in [9.17, 15) is 9.59 Å². The van der Waals surface area contributed by atoms with Crippen LogP contribution in [0.3, 0.4) is 0 Å². The van der Waals surface area contributed by atoms with Gasteiger partial charge in [0.25, 0.3) is 0 Å². The molecule has 0 aliphatic carbocycles. The molecule has 2 unspecified atom stereocenters. The summed E-state index contributed by atoms with van der Waals surface area (Å²) in [4.78, 5) is 26.2. The Morgan fingerprint density at radius 2 is 2.33 bits per heavy atom. The van der Waals surface area contributed by atoms with E-state index < -0.39 is 0 Å². The Hall–Kier alpha value is -2.08. The van der Waals surface area contributed by atoms with E-state index >= 15 is 0 Å². The lowest BCUT2D eigenvalue weighted by Gasteiger charge is -2.37. The number of nitrogens with two attached hydrogens (primary N) is 1. The van der Waals surface area contributed by atoms with Gasteiger partial charge < -0.3 is 16.4 Å². The first kappa shape index (κ1) is 15.3. The van der Waals surface area contributed by atoms with E-state index in [1.54, 1.807) is 24.3 Å². The average molecular weight is 290 g/mol. The van der Waals surface area contributed by atoms with Crippen LogP contribution in [-0.2, 0) is 9.59 Å². The SMILES string of the molecule is CCC1C(=O)NCCN1C(C)C(=O)Nc1cccc(N)c1. The normalized spacial score (nSPS) is 20.7. The van der Waals surface area contributed by atoms with Crippen molar-refractivity contribution in [1.29, 1.82) is 0 Å². The number of nitrogens with one attached hydrogen (secondary N) is 2. The number of anilines is 2. The molecule has 2 amide bonds. The number of carbonyl (C=O) groups excluding carboxylic acids is 2. The maximum atomic E-state index is 12.4. The topological polar surface area (TPSA) is 87.5 Å². The molecule has 0 spiro atoms. The van der Waals surface area contributed by atoms with Crippen molar-refractivity contribution in [3.8, 4) is 0 Å². The van der Waals surface area contributed by atoms with Crippen LogP contribution in [0.5, 0.6) is 0 Å². The Bertz CT molecular complexity index is 532. The van der Waals surface area contributed by atoms with E-state index in [0.717, 1.165) is 0 Å². The first-order chi connectivity index (χ1) is 10.0. The summed E-state index contributed by atoms with van der Waals surface area (Å²) in [5.74, 6) is -0.138. The largest absolute Gasteiger partial charge is 0.399 e. The van der Waals surface area contributed by atoms with Gasteiger partial charge in [-0.1, -0.05) is 13.0 Å². The summed E-state index contributed by atoms with van der Waals surface area (Å²) in [6.45, 7) is 5.02. The molecule has 1 heterocycles. The van der Waals surface area contributed by atoms with Crippen molar-refractivity contribution < 1.29 is 9.59 Å². The van der Waals surface area contributed by atoms with E-state index in [4.69, 9.17) is 5.73 Å². The minimum absolute atomic E-state index is 0.00708. The lowest BCUT2D eigenvalue weighted by molar-refractivity contribution is -0.133. The van der Waals surface area contributed by atoms with Crippen LogP contribution in [0.25, 0.3) is 0 Å². The van der Waals surface area contributed by atoms with E-state index in [2.05, 4.69) is 10.6 Å². The third-order valence-electron chi connectivity index (χ3n) is 3.79. The van der Waals surface area contributed by atoms with Crippen LogP contribution in [0.4, 0.5) is 11.4 Å². The van der Waals surface area contributed by atoms with Crippen LogP contribution in [0.2, 0.25) is 0 Å². The van der Waals surface area contributed by atoms with Gasteiger partial charge in [0.2, 0.25) is 11.8 Å². The summed E-state index contributed by atoms with van der Waals surface area (Å²) < 4.78 is 0. The number of amides is 2. The number of hydrogen-bond acceptors (Lipinski definition) is 4. The molecular formula is C15H22N4O2. The van der Waals surface area contributed by atoms with Crippen molar-refractivity contribution in [3.63, 3.8) is 0 Å². The quantitative estimate of drug-likeness (QED) is 0.716. The van der Waals surface area contributed by atoms with Crippen LogP contribution >= 0.6 is 0 Å². The van der Waals surface area contributed by atoms with Crippen LogP contribution in [0, 0.1) is 0 Å². The first-order valence-corrected chi connectivity index (χ1v) is 7.22. The molecule has 1 aliphatic rings. The van der Waals surface area contributed by atoms with Crippen molar-refractivity contribution in [2.45, 2.75) is 32.4 Å². The van der Waals surface area contributed by atoms with E-state index in [-0.39, 0.29) is 23.9 Å². The van der Waals surface area contributed by atoms with E-state index in [0.29, 0.717) is 30.9 Å². The highest BCUT2D eigenvalue weighted by Crippen LogP contribution is 2.16. The third-order valence-corrected chi connectivity index (χ3v) is 3.79. The monoisotopic (exact) mass is 290 g/mol. The van der Waals surface area contributed by atoms with Crippen molar-refractivity contribution in [3.05, 3.63) is 24.3 Å². The maximum Gasteiger partial charge on any atom is 0.241 e. The second kappa shape index (κ2) is 6.58. The second-order valence-corrected chi connectivity index (χ2v) is 5.24. The molecule has 1 aromatic rings. The minimum Gasteiger partial charge on any atom is -0.399 e. The van der Waals surface area contributed by atoms with Crippen molar-refractivity contribution >= 4 is 23.2 Å². The lowest BCUT2D eigenvalue weighted by atomic mass is 10.1. The Balaban J connectivity index is 2.06. The number of nitrogens with zero attached hydrogens (tertiary/aromatic N) is 1. The van der Waals surface area contributed by atoms with Gasteiger partial charge in [0, 0.05) is 24.5 Å². The molecule has 1 fully saturated rings. The van der Waals surface area contributed by atoms with E-state index in [1.807, 2.05) is 18.7 Å². The van der Waals surface area contributed by atoms with Gasteiger partial charge in [-0.25, -0.2) is 0 Å². The van der Waals surface area contributed by atoms with Gasteiger partial charge in [0.05, 0.1) is 12.1 Å². The zero-order valence-electron chi connectivity index (χ0n) is 12.4. The predicted octanol–water partition coefficient (Wildman–Crippen LogP) is 0.806. The third kappa shape index (κ3) is 3.52. The fraction of sp³-hybridized carbons (Fsp3) is 0.467. The fourth-order valence-electron chi connectivity index (χ4n) is 2.63. The molecule has 114 valence electrons. The highest BCUT2D eigenvalue weighted by molar-refractivity contribution is 5.95. The lowest BCUT2D eigenvalue weighted by Crippen LogP contribution is -2.59. The Morgan fingerprint density at radius 1 is 1.57 bits per heavy atom. The van der Waals surface area contributed by atoms with Gasteiger partial charge >= 0.3 is 0 Å². The van der Waals surface area contributed by atoms with Crippen LogP contribution < -0.4 is 16.4 Å². The van der Waals surface area contributed by atoms with Gasteiger partial charge in [-0.05, 0) is 31.5 Å². The Kier molecular flexibility index (Phi) is 4.80.